The van der Waals surface area contributed by atoms with E-state index in [1.54, 1.807) is 25.4 Å². The standard InChI is InChI=1S/C24H29N3O4S/c1-3-4-17-27(2)32(29,30)21-15-13-20(14-16-21)26-23(28)11-8-12-24-25-18-22(31-24)19-9-6-5-7-10-19/h5-7,9-10,13-16,18H,3-4,8,11-12,17H2,1-2H3,(H,26,28). The number of hydrogen-bond acceptors (Lipinski definition) is 5. The molecule has 2 aromatic carbocycles. The van der Waals surface area contributed by atoms with Crippen LogP contribution >= 0.6 is 0 Å². The van der Waals surface area contributed by atoms with Crippen molar-refractivity contribution in [2.45, 2.75) is 43.9 Å². The Morgan fingerprint density at radius 2 is 1.78 bits per heavy atom. The van der Waals surface area contributed by atoms with Gasteiger partial charge in [-0.3, -0.25) is 4.79 Å². The van der Waals surface area contributed by atoms with Gasteiger partial charge in [0.15, 0.2) is 11.7 Å². The zero-order chi connectivity index (χ0) is 23.0. The van der Waals surface area contributed by atoms with Crippen LogP contribution < -0.4 is 5.32 Å². The molecule has 0 aliphatic rings. The van der Waals surface area contributed by atoms with Crippen LogP contribution in [-0.2, 0) is 21.2 Å². The predicted molar refractivity (Wildman–Crippen MR) is 125 cm³/mol. The SMILES string of the molecule is CCCCN(C)S(=O)(=O)c1ccc(NC(=O)CCCc2ncc(-c3ccccc3)o2)cc1. The second-order valence-corrected chi connectivity index (χ2v) is 9.64. The number of sulfonamides is 1. The van der Waals surface area contributed by atoms with Crippen LogP contribution in [0.2, 0.25) is 0 Å². The monoisotopic (exact) mass is 455 g/mol. The lowest BCUT2D eigenvalue weighted by Gasteiger charge is -2.17. The molecule has 3 aromatic rings. The van der Waals surface area contributed by atoms with Gasteiger partial charge in [-0.1, -0.05) is 43.7 Å². The molecule has 0 radical (unpaired) electrons. The average molecular weight is 456 g/mol. The smallest absolute Gasteiger partial charge is 0.242 e. The van der Waals surface area contributed by atoms with Gasteiger partial charge in [-0.25, -0.2) is 17.7 Å². The van der Waals surface area contributed by atoms with Crippen LogP contribution in [0, 0.1) is 0 Å². The minimum absolute atomic E-state index is 0.143. The lowest BCUT2D eigenvalue weighted by atomic mass is 10.2. The topological polar surface area (TPSA) is 92.5 Å². The summed E-state index contributed by atoms with van der Waals surface area (Å²) in [6, 6.07) is 16.0. The zero-order valence-corrected chi connectivity index (χ0v) is 19.3. The number of benzene rings is 2. The van der Waals surface area contributed by atoms with Crippen LogP contribution in [0.3, 0.4) is 0 Å². The van der Waals surface area contributed by atoms with Crippen LogP contribution in [0.15, 0.2) is 70.1 Å². The summed E-state index contributed by atoms with van der Waals surface area (Å²) < 4.78 is 32.2. The molecule has 8 heteroatoms. The molecule has 0 spiro atoms. The molecule has 3 rings (SSSR count). The molecule has 0 aliphatic carbocycles. The molecular weight excluding hydrogens is 426 g/mol. The molecular formula is C24H29N3O4S. The molecule has 170 valence electrons. The van der Waals surface area contributed by atoms with Gasteiger partial charge in [0.2, 0.25) is 15.9 Å². The average Bonchev–Trinajstić information content (AvgIpc) is 3.27. The Balaban J connectivity index is 1.48. The van der Waals surface area contributed by atoms with E-state index in [0.717, 1.165) is 18.4 Å². The Morgan fingerprint density at radius 3 is 2.47 bits per heavy atom. The largest absolute Gasteiger partial charge is 0.441 e. The van der Waals surface area contributed by atoms with Gasteiger partial charge in [0.25, 0.3) is 0 Å². The molecule has 0 unspecified atom stereocenters. The molecule has 1 aromatic heterocycles. The maximum Gasteiger partial charge on any atom is 0.242 e. The third-order valence-electron chi connectivity index (χ3n) is 5.08. The number of aryl methyl sites for hydroxylation is 1. The van der Waals surface area contributed by atoms with Crippen LogP contribution in [0.25, 0.3) is 11.3 Å². The third-order valence-corrected chi connectivity index (χ3v) is 6.95. The predicted octanol–water partition coefficient (Wildman–Crippen LogP) is 4.72. The summed E-state index contributed by atoms with van der Waals surface area (Å²) in [7, 11) is -1.94. The fourth-order valence-corrected chi connectivity index (χ4v) is 4.39. The molecule has 1 amide bonds. The summed E-state index contributed by atoms with van der Waals surface area (Å²) in [5.74, 6) is 1.16. The Morgan fingerprint density at radius 1 is 1.06 bits per heavy atom. The Hall–Kier alpha value is -2.97. The summed E-state index contributed by atoms with van der Waals surface area (Å²) in [5.41, 5.74) is 1.53. The van der Waals surface area contributed by atoms with E-state index >= 15 is 0 Å². The van der Waals surface area contributed by atoms with Crippen molar-refractivity contribution in [1.82, 2.24) is 9.29 Å². The zero-order valence-electron chi connectivity index (χ0n) is 18.5. The molecule has 7 nitrogen and oxygen atoms in total. The van der Waals surface area contributed by atoms with Crippen molar-refractivity contribution in [2.24, 2.45) is 0 Å². The first-order valence-electron chi connectivity index (χ1n) is 10.8. The van der Waals surface area contributed by atoms with Gasteiger partial charge in [-0.05, 0) is 37.1 Å². The number of carbonyl (C=O) groups excluding carboxylic acids is 1. The van der Waals surface area contributed by atoms with E-state index in [0.29, 0.717) is 43.1 Å². The quantitative estimate of drug-likeness (QED) is 0.451. The molecule has 0 saturated heterocycles. The van der Waals surface area contributed by atoms with Gasteiger partial charge in [0.1, 0.15) is 0 Å². The fraction of sp³-hybridized carbons (Fsp3) is 0.333. The third kappa shape index (κ3) is 6.27. The molecule has 0 fully saturated rings. The summed E-state index contributed by atoms with van der Waals surface area (Å²) in [6.45, 7) is 2.50. The number of oxazole rings is 1. The molecule has 0 saturated carbocycles. The minimum atomic E-state index is -3.52. The number of nitrogens with zero attached hydrogens (tertiary/aromatic N) is 2. The number of anilines is 1. The summed E-state index contributed by atoms with van der Waals surface area (Å²) in [5, 5.41) is 2.80. The van der Waals surface area contributed by atoms with E-state index in [4.69, 9.17) is 4.42 Å². The van der Waals surface area contributed by atoms with Crippen LogP contribution in [0.1, 0.15) is 38.5 Å². The number of hydrogen-bond donors (Lipinski definition) is 1. The summed E-state index contributed by atoms with van der Waals surface area (Å²) in [4.78, 5) is 16.7. The Bertz CT molecular complexity index is 1110. The summed E-state index contributed by atoms with van der Waals surface area (Å²) >= 11 is 0. The highest BCUT2D eigenvalue weighted by Crippen LogP contribution is 2.21. The van der Waals surface area contributed by atoms with Crippen molar-refractivity contribution < 1.29 is 17.6 Å². The van der Waals surface area contributed by atoms with Gasteiger partial charge in [-0.2, -0.15) is 0 Å². The fourth-order valence-electron chi connectivity index (χ4n) is 3.18. The molecule has 1 heterocycles. The molecule has 0 atom stereocenters. The second-order valence-electron chi connectivity index (χ2n) is 7.59. The highest BCUT2D eigenvalue weighted by molar-refractivity contribution is 7.89. The number of nitrogens with one attached hydrogen (secondary N) is 1. The van der Waals surface area contributed by atoms with E-state index in [2.05, 4.69) is 10.3 Å². The van der Waals surface area contributed by atoms with Gasteiger partial charge in [0, 0.05) is 37.7 Å². The van der Waals surface area contributed by atoms with Crippen molar-refractivity contribution in [3.8, 4) is 11.3 Å². The van der Waals surface area contributed by atoms with Crippen molar-refractivity contribution in [3.05, 3.63) is 66.7 Å². The highest BCUT2D eigenvalue weighted by atomic mass is 32.2. The Kier molecular flexibility index (Phi) is 8.19. The number of unbranched alkanes of at least 4 members (excludes halogenated alkanes) is 1. The lowest BCUT2D eigenvalue weighted by molar-refractivity contribution is -0.116. The van der Waals surface area contributed by atoms with Crippen LogP contribution in [-0.4, -0.2) is 37.2 Å². The first kappa shape index (κ1) is 23.7. The van der Waals surface area contributed by atoms with E-state index < -0.39 is 10.0 Å². The molecule has 32 heavy (non-hydrogen) atoms. The number of carbonyl (C=O) groups is 1. The molecule has 0 aliphatic heterocycles. The van der Waals surface area contributed by atoms with Crippen molar-refractivity contribution in [2.75, 3.05) is 18.9 Å². The summed E-state index contributed by atoms with van der Waals surface area (Å²) in [6.07, 6.45) is 4.89. The van der Waals surface area contributed by atoms with Gasteiger partial charge in [0.05, 0.1) is 11.1 Å². The second kappa shape index (κ2) is 11.1. The van der Waals surface area contributed by atoms with Crippen molar-refractivity contribution in [1.29, 1.82) is 0 Å². The first-order chi connectivity index (χ1) is 15.4. The maximum atomic E-state index is 12.6. The lowest BCUT2D eigenvalue weighted by Crippen LogP contribution is -2.27. The Labute approximate surface area is 189 Å². The van der Waals surface area contributed by atoms with Crippen molar-refractivity contribution >= 4 is 21.6 Å². The maximum absolute atomic E-state index is 12.6. The van der Waals surface area contributed by atoms with Crippen molar-refractivity contribution in [3.63, 3.8) is 0 Å². The van der Waals surface area contributed by atoms with E-state index in [9.17, 15) is 13.2 Å². The number of aromatic nitrogens is 1. The number of amides is 1. The van der Waals surface area contributed by atoms with Crippen LogP contribution in [0.5, 0.6) is 0 Å². The van der Waals surface area contributed by atoms with Gasteiger partial charge < -0.3 is 9.73 Å². The van der Waals surface area contributed by atoms with Gasteiger partial charge >= 0.3 is 0 Å². The highest BCUT2D eigenvalue weighted by Gasteiger charge is 2.20. The van der Waals surface area contributed by atoms with E-state index in [1.165, 1.54) is 16.4 Å². The van der Waals surface area contributed by atoms with Crippen LogP contribution in [0.4, 0.5) is 5.69 Å². The molecule has 0 bridgehead atoms. The van der Waals surface area contributed by atoms with E-state index in [1.807, 2.05) is 37.3 Å². The van der Waals surface area contributed by atoms with Gasteiger partial charge in [-0.15, -0.1) is 0 Å². The number of rotatable bonds is 11. The minimum Gasteiger partial charge on any atom is -0.441 e. The van der Waals surface area contributed by atoms with E-state index in [-0.39, 0.29) is 10.8 Å². The first-order valence-corrected chi connectivity index (χ1v) is 12.2. The normalized spacial score (nSPS) is 11.6. The molecule has 1 N–H and O–H groups in total.